The number of benzene rings is 1. The molecule has 0 spiro atoms. The van der Waals surface area contributed by atoms with Gasteiger partial charge in [0.2, 0.25) is 0 Å². The van der Waals surface area contributed by atoms with E-state index in [1.54, 1.807) is 48.2 Å². The molecule has 0 radical (unpaired) electrons. The van der Waals surface area contributed by atoms with Gasteiger partial charge in [0.1, 0.15) is 12.6 Å². The van der Waals surface area contributed by atoms with Gasteiger partial charge < -0.3 is 29.3 Å². The van der Waals surface area contributed by atoms with Crippen LogP contribution in [0.2, 0.25) is 0 Å². The minimum Gasteiger partial charge on any atom is -0.456 e. The normalized spacial score (nSPS) is 16.5. The summed E-state index contributed by atoms with van der Waals surface area (Å²) < 4.78 is 15.6. The van der Waals surface area contributed by atoms with Crippen LogP contribution in [0.4, 0.5) is 4.79 Å². The van der Waals surface area contributed by atoms with Gasteiger partial charge in [-0.2, -0.15) is 0 Å². The molecule has 3 rings (SSSR count). The number of rotatable bonds is 13. The predicted molar refractivity (Wildman–Crippen MR) is 154 cm³/mol. The molecule has 1 unspecified atom stereocenters. The quantitative estimate of drug-likeness (QED) is 0.273. The lowest BCUT2D eigenvalue weighted by atomic mass is 9.94. The standard InChI is InChI=1S/C31H45N3O8/c1-33(24-14-8-4-9-15-24)27(35)21-40-29(37)19-18-26(32-31(39)42-20-23-12-6-3-7-13-23)30(38)41-22-28(36)34(2)25-16-10-5-11-17-25/h3,6-7,12-13,24-26H,4-5,8-11,14-22H2,1-2H3,(H,32,39). The average Bonchev–Trinajstić information content (AvgIpc) is 3.03. The molecule has 1 aromatic carbocycles. The van der Waals surface area contributed by atoms with Gasteiger partial charge in [0, 0.05) is 32.6 Å². The average molecular weight is 588 g/mol. The second kappa shape index (κ2) is 17.4. The van der Waals surface area contributed by atoms with Crippen LogP contribution in [-0.2, 0) is 40.0 Å². The van der Waals surface area contributed by atoms with Crippen molar-refractivity contribution in [1.82, 2.24) is 15.1 Å². The van der Waals surface area contributed by atoms with Gasteiger partial charge in [-0.3, -0.25) is 14.4 Å². The Hall–Kier alpha value is -3.63. The van der Waals surface area contributed by atoms with Crippen molar-refractivity contribution < 1.29 is 38.2 Å². The van der Waals surface area contributed by atoms with Crippen molar-refractivity contribution >= 4 is 29.8 Å². The second-order valence-corrected chi connectivity index (χ2v) is 11.2. The Kier molecular flexibility index (Phi) is 13.6. The number of hydrogen-bond acceptors (Lipinski definition) is 8. The third-order valence-corrected chi connectivity index (χ3v) is 8.15. The van der Waals surface area contributed by atoms with Crippen molar-refractivity contribution in [2.75, 3.05) is 27.3 Å². The van der Waals surface area contributed by atoms with Crippen molar-refractivity contribution in [3.63, 3.8) is 0 Å². The van der Waals surface area contributed by atoms with Gasteiger partial charge in [0.25, 0.3) is 11.8 Å². The van der Waals surface area contributed by atoms with E-state index in [9.17, 15) is 24.0 Å². The molecule has 1 atom stereocenters. The molecule has 3 amide bonds. The first-order valence-electron chi connectivity index (χ1n) is 15.1. The number of hydrogen-bond donors (Lipinski definition) is 1. The lowest BCUT2D eigenvalue weighted by Crippen LogP contribution is -2.45. The van der Waals surface area contributed by atoms with Crippen LogP contribution in [-0.4, -0.2) is 85.1 Å². The fourth-order valence-corrected chi connectivity index (χ4v) is 5.41. The molecular weight excluding hydrogens is 542 g/mol. The fraction of sp³-hybridized carbons (Fsp3) is 0.645. The van der Waals surface area contributed by atoms with E-state index in [2.05, 4.69) is 5.32 Å². The van der Waals surface area contributed by atoms with Crippen LogP contribution in [0.3, 0.4) is 0 Å². The van der Waals surface area contributed by atoms with Crippen molar-refractivity contribution in [3.05, 3.63) is 35.9 Å². The minimum atomic E-state index is -1.26. The van der Waals surface area contributed by atoms with E-state index in [-0.39, 0.29) is 43.3 Å². The third kappa shape index (κ3) is 11.0. The maximum Gasteiger partial charge on any atom is 0.408 e. The Morgan fingerprint density at radius 1 is 0.762 bits per heavy atom. The van der Waals surface area contributed by atoms with Crippen molar-refractivity contribution in [1.29, 1.82) is 0 Å². The highest BCUT2D eigenvalue weighted by molar-refractivity contribution is 5.85. The number of ether oxygens (including phenoxy) is 3. The number of alkyl carbamates (subject to hydrolysis) is 1. The first-order chi connectivity index (χ1) is 20.2. The summed E-state index contributed by atoms with van der Waals surface area (Å²) in [4.78, 5) is 66.3. The summed E-state index contributed by atoms with van der Waals surface area (Å²) in [5.41, 5.74) is 0.759. The molecule has 2 saturated carbocycles. The Bertz CT molecular complexity index is 1040. The smallest absolute Gasteiger partial charge is 0.408 e. The van der Waals surface area contributed by atoms with E-state index < -0.39 is 37.3 Å². The van der Waals surface area contributed by atoms with Gasteiger partial charge in [-0.1, -0.05) is 68.9 Å². The topological polar surface area (TPSA) is 132 Å². The number of nitrogens with zero attached hydrogens (tertiary/aromatic N) is 2. The first-order valence-corrected chi connectivity index (χ1v) is 15.1. The van der Waals surface area contributed by atoms with Gasteiger partial charge in [0.05, 0.1) is 0 Å². The summed E-state index contributed by atoms with van der Waals surface area (Å²) in [5, 5.41) is 2.44. The van der Waals surface area contributed by atoms with E-state index in [4.69, 9.17) is 14.2 Å². The van der Waals surface area contributed by atoms with Crippen LogP contribution >= 0.6 is 0 Å². The lowest BCUT2D eigenvalue weighted by Gasteiger charge is -2.31. The number of esters is 2. The Morgan fingerprint density at radius 3 is 1.83 bits per heavy atom. The summed E-state index contributed by atoms with van der Waals surface area (Å²) >= 11 is 0. The lowest BCUT2D eigenvalue weighted by molar-refractivity contribution is -0.155. The zero-order chi connectivity index (χ0) is 30.3. The minimum absolute atomic E-state index is 0.0161. The monoisotopic (exact) mass is 587 g/mol. The Morgan fingerprint density at radius 2 is 1.29 bits per heavy atom. The van der Waals surface area contributed by atoms with Crippen LogP contribution in [0.25, 0.3) is 0 Å². The number of amides is 3. The second-order valence-electron chi connectivity index (χ2n) is 11.2. The summed E-state index contributed by atoms with van der Waals surface area (Å²) in [7, 11) is 3.42. The largest absolute Gasteiger partial charge is 0.456 e. The molecule has 2 fully saturated rings. The van der Waals surface area contributed by atoms with Crippen LogP contribution in [0.5, 0.6) is 0 Å². The van der Waals surface area contributed by atoms with Crippen molar-refractivity contribution in [2.24, 2.45) is 0 Å². The number of carbonyl (C=O) groups is 5. The third-order valence-electron chi connectivity index (χ3n) is 8.15. The number of carbonyl (C=O) groups excluding carboxylic acids is 5. The van der Waals surface area contributed by atoms with Gasteiger partial charge in [0.15, 0.2) is 13.2 Å². The zero-order valence-corrected chi connectivity index (χ0v) is 24.9. The molecule has 2 aliphatic rings. The highest BCUT2D eigenvalue weighted by Crippen LogP contribution is 2.22. The van der Waals surface area contributed by atoms with E-state index in [1.807, 2.05) is 6.07 Å². The van der Waals surface area contributed by atoms with Crippen molar-refractivity contribution in [3.8, 4) is 0 Å². The van der Waals surface area contributed by atoms with E-state index in [1.165, 1.54) is 0 Å². The zero-order valence-electron chi connectivity index (χ0n) is 24.9. The highest BCUT2D eigenvalue weighted by Gasteiger charge is 2.28. The van der Waals surface area contributed by atoms with Crippen LogP contribution in [0.1, 0.15) is 82.6 Å². The number of likely N-dealkylation sites (N-methyl/N-ethyl adjacent to an activating group) is 2. The summed E-state index contributed by atoms with van der Waals surface area (Å²) in [5.74, 6) is -2.17. The summed E-state index contributed by atoms with van der Waals surface area (Å²) in [6, 6.07) is 8.03. The number of nitrogens with one attached hydrogen (secondary N) is 1. The molecule has 0 aromatic heterocycles. The van der Waals surface area contributed by atoms with Crippen LogP contribution in [0, 0.1) is 0 Å². The SMILES string of the molecule is CN(C(=O)COC(=O)CCC(NC(=O)OCc1ccccc1)C(=O)OCC(=O)N(C)C1CCCCC1)C1CCCCC1. The van der Waals surface area contributed by atoms with Gasteiger partial charge in [-0.05, 0) is 37.7 Å². The maximum atomic E-state index is 12.9. The molecule has 11 nitrogen and oxygen atoms in total. The fourth-order valence-electron chi connectivity index (χ4n) is 5.41. The molecule has 0 saturated heterocycles. The summed E-state index contributed by atoms with van der Waals surface area (Å²) in [6.07, 6.45) is 8.97. The molecule has 0 heterocycles. The van der Waals surface area contributed by atoms with E-state index >= 15 is 0 Å². The Labute approximate surface area is 248 Å². The van der Waals surface area contributed by atoms with Crippen LogP contribution in [0.15, 0.2) is 30.3 Å². The molecular formula is C31H45N3O8. The van der Waals surface area contributed by atoms with Crippen LogP contribution < -0.4 is 5.32 Å². The molecule has 0 bridgehead atoms. The summed E-state index contributed by atoms with van der Waals surface area (Å²) in [6.45, 7) is -0.886. The van der Waals surface area contributed by atoms with E-state index in [0.717, 1.165) is 69.8 Å². The maximum absolute atomic E-state index is 12.9. The van der Waals surface area contributed by atoms with Gasteiger partial charge in [-0.25, -0.2) is 9.59 Å². The molecule has 1 aromatic rings. The van der Waals surface area contributed by atoms with Crippen molar-refractivity contribution in [2.45, 2.75) is 102 Å². The van der Waals surface area contributed by atoms with Gasteiger partial charge in [-0.15, -0.1) is 0 Å². The molecule has 1 N–H and O–H groups in total. The molecule has 0 aliphatic heterocycles. The Balaban J connectivity index is 1.50. The first kappa shape index (κ1) is 32.9. The predicted octanol–water partition coefficient (Wildman–Crippen LogP) is 3.73. The highest BCUT2D eigenvalue weighted by atomic mass is 16.6. The molecule has 11 heteroatoms. The molecule has 2 aliphatic carbocycles. The molecule has 42 heavy (non-hydrogen) atoms. The van der Waals surface area contributed by atoms with Gasteiger partial charge >= 0.3 is 18.0 Å². The van der Waals surface area contributed by atoms with E-state index in [0.29, 0.717) is 0 Å². The molecule has 232 valence electrons.